The molecule has 18 heavy (non-hydrogen) atoms. The van der Waals surface area contributed by atoms with Crippen LogP contribution in [0, 0.1) is 5.92 Å². The normalized spacial score (nSPS) is 18.7. The van der Waals surface area contributed by atoms with Crippen LogP contribution >= 0.6 is 0 Å². The summed E-state index contributed by atoms with van der Waals surface area (Å²) in [6.45, 7) is 3.05. The van der Waals surface area contributed by atoms with Crippen LogP contribution in [0.4, 0.5) is 0 Å². The van der Waals surface area contributed by atoms with Gasteiger partial charge in [0.1, 0.15) is 5.70 Å². The van der Waals surface area contributed by atoms with Crippen molar-refractivity contribution in [3.05, 3.63) is 11.9 Å². The van der Waals surface area contributed by atoms with Gasteiger partial charge in [-0.15, -0.1) is 0 Å². The van der Waals surface area contributed by atoms with Crippen LogP contribution in [0.15, 0.2) is 11.9 Å². The third-order valence-electron chi connectivity index (χ3n) is 3.54. The van der Waals surface area contributed by atoms with Gasteiger partial charge < -0.3 is 21.0 Å². The highest BCUT2D eigenvalue weighted by Crippen LogP contribution is 2.19. The van der Waals surface area contributed by atoms with Crippen LogP contribution in [-0.2, 0) is 4.79 Å². The molecule has 0 radical (unpaired) electrons. The smallest absolute Gasteiger partial charge is 0.271 e. The number of nitrogens with two attached hydrogens (primary N) is 2. The molecular formula is C12H25N5O. The second-order valence-corrected chi connectivity index (χ2v) is 5.03. The third-order valence-corrected chi connectivity index (χ3v) is 3.54. The average molecular weight is 255 g/mol. The highest BCUT2D eigenvalue weighted by Gasteiger charge is 2.18. The minimum Gasteiger partial charge on any atom is -0.393 e. The Bertz CT molecular complexity index is 297. The molecule has 6 heteroatoms. The number of hydrogen-bond acceptors (Lipinski definition) is 5. The second-order valence-electron chi connectivity index (χ2n) is 5.03. The highest BCUT2D eigenvalue weighted by atomic mass is 16.2. The molecule has 1 aliphatic heterocycles. The molecule has 0 bridgehead atoms. The maximum Gasteiger partial charge on any atom is 0.271 e. The molecule has 0 aromatic carbocycles. The maximum absolute atomic E-state index is 11.8. The molecule has 1 rings (SSSR count). The van der Waals surface area contributed by atoms with Gasteiger partial charge in [-0.1, -0.05) is 0 Å². The quantitative estimate of drug-likeness (QED) is 0.348. The minimum atomic E-state index is -0.180. The fourth-order valence-corrected chi connectivity index (χ4v) is 2.20. The van der Waals surface area contributed by atoms with Gasteiger partial charge in [0.2, 0.25) is 0 Å². The minimum absolute atomic E-state index is 0.142. The van der Waals surface area contributed by atoms with Crippen molar-refractivity contribution < 1.29 is 4.79 Å². The van der Waals surface area contributed by atoms with Crippen LogP contribution in [0.2, 0.25) is 0 Å². The molecule has 0 aromatic heterocycles. The van der Waals surface area contributed by atoms with Crippen LogP contribution < -0.4 is 17.0 Å². The van der Waals surface area contributed by atoms with E-state index in [1.54, 1.807) is 11.9 Å². The van der Waals surface area contributed by atoms with Crippen molar-refractivity contribution in [3.63, 3.8) is 0 Å². The molecule has 0 aromatic rings. The Morgan fingerprint density at radius 1 is 1.50 bits per heavy atom. The lowest BCUT2D eigenvalue weighted by Gasteiger charge is -2.30. The van der Waals surface area contributed by atoms with E-state index in [0.29, 0.717) is 5.92 Å². The summed E-state index contributed by atoms with van der Waals surface area (Å²) in [6.07, 6.45) is 4.79. The molecule has 1 amide bonds. The molecule has 1 aliphatic rings. The fraction of sp³-hybridized carbons (Fsp3) is 0.750. The zero-order valence-corrected chi connectivity index (χ0v) is 11.4. The summed E-state index contributed by atoms with van der Waals surface area (Å²) >= 11 is 0. The highest BCUT2D eigenvalue weighted by molar-refractivity contribution is 5.92. The predicted octanol–water partition coefficient (Wildman–Crippen LogP) is -0.560. The van der Waals surface area contributed by atoms with Crippen molar-refractivity contribution in [2.45, 2.75) is 19.3 Å². The molecule has 0 spiro atoms. The molecular weight excluding hydrogens is 230 g/mol. The van der Waals surface area contributed by atoms with E-state index in [-0.39, 0.29) is 11.6 Å². The van der Waals surface area contributed by atoms with Gasteiger partial charge in [-0.05, 0) is 45.3 Å². The van der Waals surface area contributed by atoms with Gasteiger partial charge >= 0.3 is 0 Å². The Labute approximate surface area is 109 Å². The van der Waals surface area contributed by atoms with Crippen molar-refractivity contribution in [2.75, 3.05) is 33.7 Å². The van der Waals surface area contributed by atoms with Crippen LogP contribution in [0.5, 0.6) is 0 Å². The third kappa shape index (κ3) is 4.54. The van der Waals surface area contributed by atoms with Crippen LogP contribution in [0.25, 0.3) is 0 Å². The van der Waals surface area contributed by atoms with Crippen molar-refractivity contribution >= 4 is 5.91 Å². The first kappa shape index (κ1) is 14.8. The molecule has 1 heterocycles. The molecule has 0 saturated carbocycles. The Morgan fingerprint density at radius 2 is 2.11 bits per heavy atom. The Hall–Kier alpha value is -1.27. The molecule has 1 saturated heterocycles. The van der Waals surface area contributed by atoms with Gasteiger partial charge in [0.05, 0.1) is 0 Å². The van der Waals surface area contributed by atoms with Gasteiger partial charge in [0, 0.05) is 19.8 Å². The summed E-state index contributed by atoms with van der Waals surface area (Å²) in [7, 11) is 3.92. The van der Waals surface area contributed by atoms with E-state index < -0.39 is 0 Å². The Morgan fingerprint density at radius 3 is 2.67 bits per heavy atom. The van der Waals surface area contributed by atoms with Gasteiger partial charge in [-0.2, -0.15) is 0 Å². The van der Waals surface area contributed by atoms with Gasteiger partial charge in [-0.3, -0.25) is 10.6 Å². The molecule has 0 aliphatic carbocycles. The van der Waals surface area contributed by atoms with Crippen molar-refractivity contribution in [3.8, 4) is 0 Å². The largest absolute Gasteiger partial charge is 0.393 e. The molecule has 6 nitrogen and oxygen atoms in total. The zero-order chi connectivity index (χ0) is 13.5. The van der Waals surface area contributed by atoms with E-state index in [2.05, 4.69) is 17.4 Å². The molecule has 1 fully saturated rings. The first-order chi connectivity index (χ1) is 8.54. The summed E-state index contributed by atoms with van der Waals surface area (Å²) in [5, 5.41) is 0. The van der Waals surface area contributed by atoms with Gasteiger partial charge in [-0.25, -0.2) is 0 Å². The number of hydrogen-bond donors (Lipinski definition) is 3. The monoisotopic (exact) mass is 255 g/mol. The Kier molecular flexibility index (Phi) is 5.94. The fourth-order valence-electron chi connectivity index (χ4n) is 2.20. The summed E-state index contributed by atoms with van der Waals surface area (Å²) in [5.74, 6) is 5.63. The molecule has 0 unspecified atom stereocenters. The number of piperidine rings is 1. The SMILES string of the molecule is CN1CCC(CCN(C)C(=O)/C(N)=C/NN)CC1. The average Bonchev–Trinajstić information content (AvgIpc) is 2.37. The van der Waals surface area contributed by atoms with E-state index >= 15 is 0 Å². The lowest BCUT2D eigenvalue weighted by molar-refractivity contribution is -0.126. The van der Waals surface area contributed by atoms with Gasteiger partial charge in [0.25, 0.3) is 5.91 Å². The lowest BCUT2D eigenvalue weighted by atomic mass is 9.94. The van der Waals surface area contributed by atoms with Crippen LogP contribution in [0.1, 0.15) is 19.3 Å². The first-order valence-electron chi connectivity index (χ1n) is 6.40. The number of rotatable bonds is 5. The Balaban J connectivity index is 2.30. The van der Waals surface area contributed by atoms with Crippen LogP contribution in [-0.4, -0.2) is 49.4 Å². The number of carbonyl (C=O) groups is 1. The van der Waals surface area contributed by atoms with Crippen molar-refractivity contribution in [1.29, 1.82) is 0 Å². The number of hydrazine groups is 1. The van der Waals surface area contributed by atoms with Crippen LogP contribution in [0.3, 0.4) is 0 Å². The summed E-state index contributed by atoms with van der Waals surface area (Å²) in [4.78, 5) is 15.8. The second kappa shape index (κ2) is 7.23. The summed E-state index contributed by atoms with van der Waals surface area (Å²) < 4.78 is 0. The number of nitrogens with zero attached hydrogens (tertiary/aromatic N) is 2. The number of nitrogens with one attached hydrogen (secondary N) is 1. The summed E-state index contributed by atoms with van der Waals surface area (Å²) in [6, 6.07) is 0. The van der Waals surface area contributed by atoms with E-state index in [1.165, 1.54) is 19.0 Å². The number of likely N-dealkylation sites (N-methyl/N-ethyl adjacent to an activating group) is 1. The standard InChI is InChI=1S/C12H25N5O/c1-16-6-3-10(4-7-16)5-8-17(2)12(18)11(13)9-15-14/h9-10,15H,3-8,13-14H2,1-2H3/b11-9-. The number of amides is 1. The summed E-state index contributed by atoms with van der Waals surface area (Å²) in [5.41, 5.74) is 7.99. The van der Waals surface area contributed by atoms with Gasteiger partial charge in [0.15, 0.2) is 0 Å². The topological polar surface area (TPSA) is 87.6 Å². The predicted molar refractivity (Wildman–Crippen MR) is 72.1 cm³/mol. The maximum atomic E-state index is 11.8. The van der Waals surface area contributed by atoms with E-state index in [1.807, 2.05) is 0 Å². The van der Waals surface area contributed by atoms with Crippen molar-refractivity contribution in [2.24, 2.45) is 17.5 Å². The molecule has 5 N–H and O–H groups in total. The zero-order valence-electron chi connectivity index (χ0n) is 11.4. The lowest BCUT2D eigenvalue weighted by Crippen LogP contribution is -2.36. The van der Waals surface area contributed by atoms with E-state index in [9.17, 15) is 4.79 Å². The van der Waals surface area contributed by atoms with E-state index in [0.717, 1.165) is 26.1 Å². The molecule has 104 valence electrons. The van der Waals surface area contributed by atoms with Crippen molar-refractivity contribution in [1.82, 2.24) is 15.2 Å². The number of likely N-dealkylation sites (tertiary alicyclic amines) is 1. The van der Waals surface area contributed by atoms with E-state index in [4.69, 9.17) is 11.6 Å². The molecule has 0 atom stereocenters. The number of carbonyl (C=O) groups excluding carboxylic acids is 1. The first-order valence-corrected chi connectivity index (χ1v) is 6.40.